The zero-order valence-electron chi connectivity index (χ0n) is 18.5. The highest BCUT2D eigenvalue weighted by Gasteiger charge is 2.16. The first-order valence-corrected chi connectivity index (χ1v) is 12.1. The van der Waals surface area contributed by atoms with Gasteiger partial charge in [0.25, 0.3) is 11.1 Å². The first-order valence-electron chi connectivity index (χ1n) is 11.1. The van der Waals surface area contributed by atoms with Crippen LogP contribution in [0.25, 0.3) is 11.1 Å². The van der Waals surface area contributed by atoms with Crippen LogP contribution >= 0.6 is 11.8 Å². The van der Waals surface area contributed by atoms with E-state index in [-0.39, 0.29) is 11.8 Å². The zero-order chi connectivity index (χ0) is 23.3. The lowest BCUT2D eigenvalue weighted by Gasteiger charge is -2.28. The minimum atomic E-state index is -0.120. The molecule has 0 atom stereocenters. The lowest BCUT2D eigenvalue weighted by molar-refractivity contribution is -0.120. The van der Waals surface area contributed by atoms with Crippen LogP contribution in [0.2, 0.25) is 0 Å². The Morgan fingerprint density at radius 1 is 1.06 bits per heavy atom. The standard InChI is InChI=1S/C26H24N4O3S/c31-24-16-30(14-13-27-24)20-11-9-18(10-12-20)15-28-25(32)21-6-2-1-5-19(21)17-34-26-29-22-7-3-4-8-23(22)33-26/h1-12H,13-17H2,(H,27,31)(H,28,32). The van der Waals surface area contributed by atoms with Gasteiger partial charge in [-0.1, -0.05) is 54.2 Å². The predicted octanol–water partition coefficient (Wildman–Crippen LogP) is 3.99. The minimum absolute atomic E-state index is 0.0375. The Morgan fingerprint density at radius 2 is 1.85 bits per heavy atom. The Balaban J connectivity index is 1.20. The van der Waals surface area contributed by atoms with E-state index in [4.69, 9.17) is 4.42 Å². The number of para-hydroxylation sites is 2. The molecule has 0 spiro atoms. The van der Waals surface area contributed by atoms with Crippen LogP contribution in [-0.4, -0.2) is 36.4 Å². The Labute approximate surface area is 201 Å². The number of benzene rings is 3. The molecule has 1 fully saturated rings. The summed E-state index contributed by atoms with van der Waals surface area (Å²) < 4.78 is 5.78. The van der Waals surface area contributed by atoms with Crippen molar-refractivity contribution in [2.75, 3.05) is 24.5 Å². The second kappa shape index (κ2) is 10.0. The maximum absolute atomic E-state index is 12.9. The maximum atomic E-state index is 12.9. The van der Waals surface area contributed by atoms with E-state index in [1.54, 1.807) is 0 Å². The maximum Gasteiger partial charge on any atom is 0.257 e. The van der Waals surface area contributed by atoms with Crippen LogP contribution in [0.1, 0.15) is 21.5 Å². The highest BCUT2D eigenvalue weighted by Crippen LogP contribution is 2.27. The highest BCUT2D eigenvalue weighted by atomic mass is 32.2. The lowest BCUT2D eigenvalue weighted by atomic mass is 10.1. The third-order valence-electron chi connectivity index (χ3n) is 5.68. The first kappa shape index (κ1) is 22.0. The molecule has 8 heteroatoms. The van der Waals surface area contributed by atoms with Gasteiger partial charge >= 0.3 is 0 Å². The molecule has 5 rings (SSSR count). The molecule has 2 N–H and O–H groups in total. The molecule has 1 saturated heterocycles. The monoisotopic (exact) mass is 472 g/mol. The number of rotatable bonds is 7. The van der Waals surface area contributed by atoms with Crippen LogP contribution in [0, 0.1) is 0 Å². The molecule has 172 valence electrons. The van der Waals surface area contributed by atoms with E-state index in [1.165, 1.54) is 11.8 Å². The second-order valence-corrected chi connectivity index (χ2v) is 8.94. The molecule has 2 heterocycles. The average molecular weight is 473 g/mol. The van der Waals surface area contributed by atoms with Crippen molar-refractivity contribution in [3.8, 4) is 0 Å². The summed E-state index contributed by atoms with van der Waals surface area (Å²) in [6.45, 7) is 2.24. The normalized spacial score (nSPS) is 13.6. The van der Waals surface area contributed by atoms with Crippen LogP contribution in [0.3, 0.4) is 0 Å². The fraction of sp³-hybridized carbons (Fsp3) is 0.192. The predicted molar refractivity (Wildman–Crippen MR) is 133 cm³/mol. The van der Waals surface area contributed by atoms with Gasteiger partial charge in [0.1, 0.15) is 5.52 Å². The summed E-state index contributed by atoms with van der Waals surface area (Å²) in [7, 11) is 0. The van der Waals surface area contributed by atoms with E-state index in [0.717, 1.165) is 34.5 Å². The number of aromatic nitrogens is 1. The summed E-state index contributed by atoms with van der Waals surface area (Å²) in [6, 6.07) is 23.2. The number of carbonyl (C=O) groups excluding carboxylic acids is 2. The first-order chi connectivity index (χ1) is 16.7. The van der Waals surface area contributed by atoms with Crippen molar-refractivity contribution in [3.05, 3.63) is 89.5 Å². The van der Waals surface area contributed by atoms with Crippen molar-refractivity contribution >= 4 is 40.4 Å². The van der Waals surface area contributed by atoms with Gasteiger partial charge in [-0.15, -0.1) is 0 Å². The molecule has 1 aliphatic rings. The van der Waals surface area contributed by atoms with Crippen LogP contribution in [-0.2, 0) is 17.1 Å². The van der Waals surface area contributed by atoms with Gasteiger partial charge < -0.3 is 20.0 Å². The van der Waals surface area contributed by atoms with Crippen molar-refractivity contribution in [3.63, 3.8) is 0 Å². The Kier molecular flexibility index (Phi) is 6.49. The highest BCUT2D eigenvalue weighted by molar-refractivity contribution is 7.98. The zero-order valence-corrected chi connectivity index (χ0v) is 19.3. The number of hydrogen-bond donors (Lipinski definition) is 2. The average Bonchev–Trinajstić information content (AvgIpc) is 3.30. The molecule has 0 radical (unpaired) electrons. The molecular weight excluding hydrogens is 448 g/mol. The fourth-order valence-electron chi connectivity index (χ4n) is 3.88. The molecule has 4 aromatic rings. The van der Waals surface area contributed by atoms with Gasteiger partial charge in [0.15, 0.2) is 5.58 Å². The quantitative estimate of drug-likeness (QED) is 0.396. The van der Waals surface area contributed by atoms with Gasteiger partial charge in [0, 0.05) is 36.6 Å². The number of anilines is 1. The number of hydrogen-bond acceptors (Lipinski definition) is 6. The summed E-state index contributed by atoms with van der Waals surface area (Å²) >= 11 is 1.47. The summed E-state index contributed by atoms with van der Waals surface area (Å²) in [5.41, 5.74) is 5.15. The molecule has 0 bridgehead atoms. The number of piperazine rings is 1. The van der Waals surface area contributed by atoms with E-state index in [9.17, 15) is 9.59 Å². The lowest BCUT2D eigenvalue weighted by Crippen LogP contribution is -2.47. The number of thioether (sulfide) groups is 1. The van der Waals surface area contributed by atoms with Gasteiger partial charge in [-0.05, 0) is 41.5 Å². The molecule has 34 heavy (non-hydrogen) atoms. The molecule has 0 aliphatic carbocycles. The Bertz CT molecular complexity index is 1290. The van der Waals surface area contributed by atoms with Crippen LogP contribution in [0.4, 0.5) is 5.69 Å². The molecule has 3 aromatic carbocycles. The summed E-state index contributed by atoms with van der Waals surface area (Å²) in [6.07, 6.45) is 0. The second-order valence-electron chi connectivity index (χ2n) is 8.01. The SMILES string of the molecule is O=C1CN(c2ccc(CNC(=O)c3ccccc3CSc3nc4ccccc4o3)cc2)CCN1. The number of oxazole rings is 1. The van der Waals surface area contributed by atoms with Crippen molar-refractivity contribution in [2.24, 2.45) is 0 Å². The largest absolute Gasteiger partial charge is 0.431 e. The van der Waals surface area contributed by atoms with Crippen molar-refractivity contribution in [1.82, 2.24) is 15.6 Å². The number of fused-ring (bicyclic) bond motifs is 1. The Hall–Kier alpha value is -3.78. The van der Waals surface area contributed by atoms with Crippen LogP contribution < -0.4 is 15.5 Å². The summed E-state index contributed by atoms with van der Waals surface area (Å²) in [5.74, 6) is 0.496. The van der Waals surface area contributed by atoms with E-state index in [0.29, 0.717) is 36.2 Å². The van der Waals surface area contributed by atoms with Gasteiger partial charge in [0.2, 0.25) is 5.91 Å². The smallest absolute Gasteiger partial charge is 0.257 e. The van der Waals surface area contributed by atoms with Crippen molar-refractivity contribution in [2.45, 2.75) is 17.5 Å². The van der Waals surface area contributed by atoms with Crippen LogP contribution in [0.5, 0.6) is 0 Å². The fourth-order valence-corrected chi connectivity index (χ4v) is 4.72. The summed E-state index contributed by atoms with van der Waals surface area (Å²) in [5, 5.41) is 6.43. The van der Waals surface area contributed by atoms with Crippen molar-refractivity contribution < 1.29 is 14.0 Å². The van der Waals surface area contributed by atoms with E-state index in [2.05, 4.69) is 15.6 Å². The molecule has 1 aromatic heterocycles. The molecular formula is C26H24N4O3S. The minimum Gasteiger partial charge on any atom is -0.431 e. The van der Waals surface area contributed by atoms with Crippen LogP contribution in [0.15, 0.2) is 82.4 Å². The van der Waals surface area contributed by atoms with E-state index in [1.807, 2.05) is 77.7 Å². The molecule has 0 unspecified atom stereocenters. The van der Waals surface area contributed by atoms with Gasteiger partial charge in [-0.2, -0.15) is 0 Å². The third-order valence-corrected chi connectivity index (χ3v) is 6.56. The number of amides is 2. The summed E-state index contributed by atoms with van der Waals surface area (Å²) in [4.78, 5) is 31.1. The topological polar surface area (TPSA) is 87.5 Å². The molecule has 0 saturated carbocycles. The van der Waals surface area contributed by atoms with Gasteiger partial charge in [-0.3, -0.25) is 9.59 Å². The number of nitrogens with one attached hydrogen (secondary N) is 2. The molecule has 2 amide bonds. The molecule has 1 aliphatic heterocycles. The van der Waals surface area contributed by atoms with E-state index < -0.39 is 0 Å². The van der Waals surface area contributed by atoms with Gasteiger partial charge in [0.05, 0.1) is 6.54 Å². The van der Waals surface area contributed by atoms with Gasteiger partial charge in [-0.25, -0.2) is 4.98 Å². The Morgan fingerprint density at radius 3 is 2.68 bits per heavy atom. The number of carbonyl (C=O) groups is 2. The molecule has 7 nitrogen and oxygen atoms in total. The third kappa shape index (κ3) is 5.07. The van der Waals surface area contributed by atoms with Crippen molar-refractivity contribution in [1.29, 1.82) is 0 Å². The van der Waals surface area contributed by atoms with E-state index >= 15 is 0 Å². The number of nitrogens with zero attached hydrogens (tertiary/aromatic N) is 2.